The molecule has 1 aromatic heterocycles. The molecular weight excluding hydrogens is 432 g/mol. The van der Waals surface area contributed by atoms with Gasteiger partial charge >= 0.3 is 0 Å². The molecule has 0 fully saturated rings. The lowest BCUT2D eigenvalue weighted by Crippen LogP contribution is -2.19. The zero-order valence-electron chi connectivity index (χ0n) is 19.5. The first-order valence-electron chi connectivity index (χ1n) is 10.8. The molecule has 0 saturated heterocycles. The van der Waals surface area contributed by atoms with E-state index in [9.17, 15) is 8.42 Å². The van der Waals surface area contributed by atoms with Crippen LogP contribution in [-0.2, 0) is 15.4 Å². The van der Waals surface area contributed by atoms with Crippen molar-refractivity contribution >= 4 is 38.4 Å². The maximum Gasteiger partial charge on any atom is 0.263 e. The summed E-state index contributed by atoms with van der Waals surface area (Å²) in [6.07, 6.45) is 0. The number of hydrogen-bond donors (Lipinski definition) is 2. The van der Waals surface area contributed by atoms with Crippen molar-refractivity contribution in [1.29, 1.82) is 0 Å². The second-order valence-corrected chi connectivity index (χ2v) is 10.8. The van der Waals surface area contributed by atoms with Crippen molar-refractivity contribution in [3.8, 4) is 0 Å². The minimum Gasteiger partial charge on any atom is -0.337 e. The molecule has 6 nitrogen and oxygen atoms in total. The molecule has 7 heteroatoms. The number of rotatable bonds is 5. The fraction of sp³-hybridized carbons (Fsp3) is 0.231. The summed E-state index contributed by atoms with van der Waals surface area (Å²) in [4.78, 5) is 9.49. The van der Waals surface area contributed by atoms with Gasteiger partial charge in [-0.15, -0.1) is 0 Å². The summed E-state index contributed by atoms with van der Waals surface area (Å²) in [7, 11) is -3.91. The lowest BCUT2D eigenvalue weighted by molar-refractivity contribution is 0.584. The summed E-state index contributed by atoms with van der Waals surface area (Å²) >= 11 is 0. The van der Waals surface area contributed by atoms with Gasteiger partial charge in [-0.3, -0.25) is 4.72 Å². The van der Waals surface area contributed by atoms with Crippen LogP contribution in [0.25, 0.3) is 11.0 Å². The first kappa shape index (κ1) is 22.7. The van der Waals surface area contributed by atoms with Crippen LogP contribution in [-0.4, -0.2) is 18.4 Å². The third-order valence-corrected chi connectivity index (χ3v) is 7.02. The maximum absolute atomic E-state index is 13.5. The molecule has 0 amide bonds. The summed E-state index contributed by atoms with van der Waals surface area (Å²) in [5.74, 6) is 0.494. The molecule has 0 aliphatic carbocycles. The number of benzene rings is 3. The van der Waals surface area contributed by atoms with E-state index in [1.807, 2.05) is 67.6 Å². The molecular formula is C26H28N4O2S. The van der Waals surface area contributed by atoms with Crippen LogP contribution in [0.2, 0.25) is 0 Å². The molecule has 0 unspecified atom stereocenters. The van der Waals surface area contributed by atoms with Gasteiger partial charge in [-0.05, 0) is 60.2 Å². The Bertz CT molecular complexity index is 1440. The predicted octanol–water partition coefficient (Wildman–Crippen LogP) is 6.09. The van der Waals surface area contributed by atoms with Gasteiger partial charge in [0.1, 0.15) is 0 Å². The van der Waals surface area contributed by atoms with E-state index in [1.54, 1.807) is 13.0 Å². The van der Waals surface area contributed by atoms with E-state index in [4.69, 9.17) is 0 Å². The molecule has 4 aromatic rings. The molecule has 170 valence electrons. The second-order valence-electron chi connectivity index (χ2n) is 9.19. The Balaban J connectivity index is 1.81. The lowest BCUT2D eigenvalue weighted by atomic mass is 9.87. The molecule has 0 saturated carbocycles. The van der Waals surface area contributed by atoms with Gasteiger partial charge in [0.05, 0.1) is 15.9 Å². The van der Waals surface area contributed by atoms with Crippen LogP contribution in [0, 0.1) is 13.8 Å². The number of sulfonamides is 1. The third kappa shape index (κ3) is 4.83. The first-order chi connectivity index (χ1) is 15.5. The zero-order chi connectivity index (χ0) is 23.8. The van der Waals surface area contributed by atoms with Gasteiger partial charge < -0.3 is 5.32 Å². The number of aryl methyl sites for hydroxylation is 2. The van der Waals surface area contributed by atoms with Gasteiger partial charge in [0, 0.05) is 5.69 Å². The van der Waals surface area contributed by atoms with Crippen LogP contribution < -0.4 is 10.0 Å². The molecule has 1 heterocycles. The minimum atomic E-state index is -3.91. The number of anilines is 3. The van der Waals surface area contributed by atoms with Gasteiger partial charge in [-0.2, -0.15) is 0 Å². The second kappa shape index (κ2) is 8.48. The smallest absolute Gasteiger partial charge is 0.263 e. The molecule has 0 bridgehead atoms. The molecule has 0 radical (unpaired) electrons. The highest BCUT2D eigenvalue weighted by Gasteiger charge is 2.24. The fourth-order valence-electron chi connectivity index (χ4n) is 3.54. The Morgan fingerprint density at radius 3 is 2.00 bits per heavy atom. The first-order valence-corrected chi connectivity index (χ1v) is 12.3. The van der Waals surface area contributed by atoms with Crippen LogP contribution in [0.3, 0.4) is 0 Å². The highest BCUT2D eigenvalue weighted by atomic mass is 32.2. The number of nitrogens with zero attached hydrogens (tertiary/aromatic N) is 2. The molecule has 0 aliphatic heterocycles. The van der Waals surface area contributed by atoms with Crippen molar-refractivity contribution in [3.05, 3.63) is 83.4 Å². The predicted molar refractivity (Wildman–Crippen MR) is 135 cm³/mol. The molecule has 2 N–H and O–H groups in total. The standard InChI is InChI=1S/C26H28N4O2S/c1-17-10-6-7-11-20(17)27-24-25(29-22-13-9-8-12-21(22)28-24)30-33(31,32)23-16-19(26(3,4)5)15-14-18(23)2/h6-16H,1-5H3,(H,27,28)(H,29,30). The van der Waals surface area contributed by atoms with Gasteiger partial charge in [0.25, 0.3) is 10.0 Å². The largest absolute Gasteiger partial charge is 0.337 e. The number of fused-ring (bicyclic) bond motifs is 1. The van der Waals surface area contributed by atoms with E-state index in [0.29, 0.717) is 22.4 Å². The van der Waals surface area contributed by atoms with Gasteiger partial charge in [0.2, 0.25) is 0 Å². The van der Waals surface area contributed by atoms with Crippen LogP contribution in [0.15, 0.2) is 71.6 Å². The van der Waals surface area contributed by atoms with Crippen LogP contribution >= 0.6 is 0 Å². The summed E-state index contributed by atoms with van der Waals surface area (Å²) in [5, 5.41) is 3.26. The zero-order valence-corrected chi connectivity index (χ0v) is 20.3. The van der Waals surface area contributed by atoms with Crippen molar-refractivity contribution in [2.75, 3.05) is 10.0 Å². The molecule has 33 heavy (non-hydrogen) atoms. The van der Waals surface area contributed by atoms with Crippen molar-refractivity contribution < 1.29 is 8.42 Å². The Kier molecular flexibility index (Phi) is 5.84. The Morgan fingerprint density at radius 1 is 0.758 bits per heavy atom. The fourth-order valence-corrected chi connectivity index (χ4v) is 4.82. The van der Waals surface area contributed by atoms with E-state index in [1.165, 1.54) is 0 Å². The number of aromatic nitrogens is 2. The number of hydrogen-bond acceptors (Lipinski definition) is 5. The normalized spacial score (nSPS) is 12.0. The van der Waals surface area contributed by atoms with Gasteiger partial charge in [0.15, 0.2) is 11.6 Å². The molecule has 0 atom stereocenters. The van der Waals surface area contributed by atoms with Crippen molar-refractivity contribution in [1.82, 2.24) is 9.97 Å². The molecule has 4 rings (SSSR count). The van der Waals surface area contributed by atoms with E-state index >= 15 is 0 Å². The van der Waals surface area contributed by atoms with Gasteiger partial charge in [-0.25, -0.2) is 18.4 Å². The number of nitrogens with one attached hydrogen (secondary N) is 2. The van der Waals surface area contributed by atoms with Crippen LogP contribution in [0.5, 0.6) is 0 Å². The highest BCUT2D eigenvalue weighted by molar-refractivity contribution is 7.92. The minimum absolute atomic E-state index is 0.150. The van der Waals surface area contributed by atoms with Gasteiger partial charge in [-0.1, -0.05) is 63.2 Å². The maximum atomic E-state index is 13.5. The van der Waals surface area contributed by atoms with Crippen LogP contribution in [0.1, 0.15) is 37.5 Å². The van der Waals surface area contributed by atoms with Crippen LogP contribution in [0.4, 0.5) is 17.3 Å². The van der Waals surface area contributed by atoms with Crippen molar-refractivity contribution in [3.63, 3.8) is 0 Å². The summed E-state index contributed by atoms with van der Waals surface area (Å²) in [6.45, 7) is 9.93. The SMILES string of the molecule is Cc1ccccc1Nc1nc2ccccc2nc1NS(=O)(=O)c1cc(C(C)(C)C)ccc1C. The highest BCUT2D eigenvalue weighted by Crippen LogP contribution is 2.31. The third-order valence-electron chi connectivity index (χ3n) is 5.54. The Morgan fingerprint density at radius 2 is 1.36 bits per heavy atom. The van der Waals surface area contributed by atoms with Crippen molar-refractivity contribution in [2.45, 2.75) is 44.9 Å². The molecule has 0 aliphatic rings. The summed E-state index contributed by atoms with van der Waals surface area (Å²) in [5.41, 5.74) is 4.53. The van der Waals surface area contributed by atoms with E-state index < -0.39 is 10.0 Å². The average Bonchev–Trinajstić information content (AvgIpc) is 2.75. The quantitative estimate of drug-likeness (QED) is 0.377. The summed E-state index contributed by atoms with van der Waals surface area (Å²) < 4.78 is 29.7. The average molecular weight is 461 g/mol. The summed E-state index contributed by atoms with van der Waals surface area (Å²) in [6, 6.07) is 20.7. The van der Waals surface area contributed by atoms with E-state index in [0.717, 1.165) is 16.8 Å². The molecule has 0 spiro atoms. The Labute approximate surface area is 195 Å². The van der Waals surface area contributed by atoms with Crippen molar-refractivity contribution in [2.24, 2.45) is 0 Å². The number of para-hydroxylation sites is 3. The van der Waals surface area contributed by atoms with E-state index in [2.05, 4.69) is 40.8 Å². The Hall–Kier alpha value is -3.45. The van der Waals surface area contributed by atoms with E-state index in [-0.39, 0.29) is 16.1 Å². The topological polar surface area (TPSA) is 84.0 Å². The monoisotopic (exact) mass is 460 g/mol. The molecule has 3 aromatic carbocycles. The lowest BCUT2D eigenvalue weighted by Gasteiger charge is -2.21.